The van der Waals surface area contributed by atoms with Gasteiger partial charge in [0.1, 0.15) is 0 Å². The number of aliphatic hydroxyl groups excluding tert-OH is 1. The number of carbonyl (C=O) groups excluding carboxylic acids is 1. The molecule has 0 heterocycles. The largest absolute Gasteiger partial charge is 0.396 e. The number of rotatable bonds is 6. The molecule has 0 aromatic heterocycles. The molecular formula is C14H27NO2. The maximum absolute atomic E-state index is 11.9. The Bertz CT molecular complexity index is 234. The molecule has 1 fully saturated rings. The minimum atomic E-state index is 0.180. The van der Waals surface area contributed by atoms with Gasteiger partial charge in [0.2, 0.25) is 5.91 Å². The molecule has 0 saturated heterocycles. The summed E-state index contributed by atoms with van der Waals surface area (Å²) < 4.78 is 0. The van der Waals surface area contributed by atoms with Gasteiger partial charge in [0.25, 0.3) is 0 Å². The molecule has 0 aliphatic heterocycles. The zero-order valence-corrected chi connectivity index (χ0v) is 11.3. The molecule has 2 N–H and O–H groups in total. The van der Waals surface area contributed by atoms with Gasteiger partial charge >= 0.3 is 0 Å². The Morgan fingerprint density at radius 1 is 1.35 bits per heavy atom. The molecule has 0 aromatic carbocycles. The predicted octanol–water partition coefficient (Wildman–Crippen LogP) is 2.62. The van der Waals surface area contributed by atoms with E-state index in [1.165, 1.54) is 32.1 Å². The summed E-state index contributed by atoms with van der Waals surface area (Å²) in [6.07, 6.45) is 8.52. The maximum atomic E-state index is 11.9. The van der Waals surface area contributed by atoms with Crippen LogP contribution in [-0.2, 0) is 4.79 Å². The first-order valence-corrected chi connectivity index (χ1v) is 6.96. The van der Waals surface area contributed by atoms with E-state index in [2.05, 4.69) is 12.2 Å². The minimum Gasteiger partial charge on any atom is -0.396 e. The standard InChI is InChI=1S/C14H27NO2/c1-12(7-6-10-16)15-13(17)11-14(2)8-4-3-5-9-14/h12,16H,3-11H2,1-2H3,(H,15,17). The van der Waals surface area contributed by atoms with E-state index in [0.29, 0.717) is 6.42 Å². The van der Waals surface area contributed by atoms with E-state index in [-0.39, 0.29) is 24.0 Å². The second-order valence-corrected chi connectivity index (χ2v) is 5.88. The molecule has 3 nitrogen and oxygen atoms in total. The van der Waals surface area contributed by atoms with Crippen molar-refractivity contribution in [3.8, 4) is 0 Å². The van der Waals surface area contributed by atoms with Crippen LogP contribution >= 0.6 is 0 Å². The van der Waals surface area contributed by atoms with Crippen LogP contribution in [0.25, 0.3) is 0 Å². The van der Waals surface area contributed by atoms with Crippen LogP contribution in [0.1, 0.15) is 65.2 Å². The third-order valence-electron chi connectivity index (χ3n) is 3.85. The van der Waals surface area contributed by atoms with E-state index in [1.807, 2.05) is 6.92 Å². The number of amides is 1. The van der Waals surface area contributed by atoms with E-state index in [1.54, 1.807) is 0 Å². The molecule has 1 aliphatic rings. The fourth-order valence-electron chi connectivity index (χ4n) is 2.77. The van der Waals surface area contributed by atoms with Gasteiger partial charge in [0.05, 0.1) is 0 Å². The SMILES string of the molecule is CC(CCCO)NC(=O)CC1(C)CCCCC1. The molecule has 1 atom stereocenters. The van der Waals surface area contributed by atoms with E-state index < -0.39 is 0 Å². The van der Waals surface area contributed by atoms with Crippen molar-refractivity contribution in [1.82, 2.24) is 5.32 Å². The molecule has 1 unspecified atom stereocenters. The first-order chi connectivity index (χ1) is 8.06. The molecule has 3 heteroatoms. The number of hydrogen-bond acceptors (Lipinski definition) is 2. The molecular weight excluding hydrogens is 214 g/mol. The quantitative estimate of drug-likeness (QED) is 0.751. The molecule has 100 valence electrons. The van der Waals surface area contributed by atoms with Gasteiger partial charge in [-0.05, 0) is 38.0 Å². The molecule has 0 aromatic rings. The lowest BCUT2D eigenvalue weighted by atomic mass is 9.73. The zero-order chi connectivity index (χ0) is 12.7. The molecule has 1 amide bonds. The summed E-state index contributed by atoms with van der Waals surface area (Å²) in [6.45, 7) is 4.46. The molecule has 1 rings (SSSR count). The van der Waals surface area contributed by atoms with Crippen LogP contribution in [0, 0.1) is 5.41 Å². The van der Waals surface area contributed by atoms with Crippen molar-refractivity contribution in [2.24, 2.45) is 5.41 Å². The van der Waals surface area contributed by atoms with Crippen LogP contribution < -0.4 is 5.32 Å². The van der Waals surface area contributed by atoms with Crippen molar-refractivity contribution in [3.63, 3.8) is 0 Å². The number of aliphatic hydroxyl groups is 1. The fraction of sp³-hybridized carbons (Fsp3) is 0.929. The third-order valence-corrected chi connectivity index (χ3v) is 3.85. The second kappa shape index (κ2) is 7.00. The maximum Gasteiger partial charge on any atom is 0.220 e. The summed E-state index contributed by atoms with van der Waals surface area (Å²) in [4.78, 5) is 11.9. The van der Waals surface area contributed by atoms with Gasteiger partial charge < -0.3 is 10.4 Å². The lowest BCUT2D eigenvalue weighted by molar-refractivity contribution is -0.124. The van der Waals surface area contributed by atoms with Gasteiger partial charge in [0, 0.05) is 19.1 Å². The first kappa shape index (κ1) is 14.5. The normalized spacial score (nSPS) is 20.9. The van der Waals surface area contributed by atoms with Crippen molar-refractivity contribution < 1.29 is 9.90 Å². The highest BCUT2D eigenvalue weighted by molar-refractivity contribution is 5.76. The highest BCUT2D eigenvalue weighted by Crippen LogP contribution is 2.38. The number of hydrogen-bond donors (Lipinski definition) is 2. The highest BCUT2D eigenvalue weighted by Gasteiger charge is 2.29. The van der Waals surface area contributed by atoms with Crippen LogP contribution in [0.3, 0.4) is 0 Å². The van der Waals surface area contributed by atoms with Crippen LogP contribution in [0.5, 0.6) is 0 Å². The predicted molar refractivity (Wildman–Crippen MR) is 69.7 cm³/mol. The summed E-state index contributed by atoms with van der Waals surface area (Å²) in [5.41, 5.74) is 0.221. The van der Waals surface area contributed by atoms with Crippen molar-refractivity contribution in [3.05, 3.63) is 0 Å². The molecule has 0 bridgehead atoms. The van der Waals surface area contributed by atoms with Crippen LogP contribution in [0.4, 0.5) is 0 Å². The average molecular weight is 241 g/mol. The first-order valence-electron chi connectivity index (χ1n) is 6.96. The van der Waals surface area contributed by atoms with Gasteiger partial charge in [-0.1, -0.05) is 26.2 Å². The molecule has 0 spiro atoms. The number of carbonyl (C=O) groups is 1. The van der Waals surface area contributed by atoms with Gasteiger partial charge in [-0.25, -0.2) is 0 Å². The Morgan fingerprint density at radius 2 is 2.00 bits per heavy atom. The topological polar surface area (TPSA) is 49.3 Å². The Labute approximate surface area is 105 Å². The third kappa shape index (κ3) is 5.53. The Kier molecular flexibility index (Phi) is 5.96. The second-order valence-electron chi connectivity index (χ2n) is 5.88. The van der Waals surface area contributed by atoms with E-state index >= 15 is 0 Å². The minimum absolute atomic E-state index is 0.180. The van der Waals surface area contributed by atoms with Gasteiger partial charge in [-0.2, -0.15) is 0 Å². The fourth-order valence-corrected chi connectivity index (χ4v) is 2.77. The van der Waals surface area contributed by atoms with Crippen LogP contribution in [0.15, 0.2) is 0 Å². The molecule has 1 saturated carbocycles. The Morgan fingerprint density at radius 3 is 2.59 bits per heavy atom. The average Bonchev–Trinajstić information content (AvgIpc) is 2.26. The van der Waals surface area contributed by atoms with Gasteiger partial charge in [-0.15, -0.1) is 0 Å². The highest BCUT2D eigenvalue weighted by atomic mass is 16.2. The summed E-state index contributed by atoms with van der Waals surface area (Å²) in [6, 6.07) is 0.182. The van der Waals surface area contributed by atoms with E-state index in [9.17, 15) is 4.79 Å². The van der Waals surface area contributed by atoms with Crippen molar-refractivity contribution in [1.29, 1.82) is 0 Å². The van der Waals surface area contributed by atoms with Gasteiger partial charge in [0.15, 0.2) is 0 Å². The van der Waals surface area contributed by atoms with Crippen LogP contribution in [-0.4, -0.2) is 23.7 Å². The summed E-state index contributed by atoms with van der Waals surface area (Å²) in [5, 5.41) is 11.8. The van der Waals surface area contributed by atoms with Crippen molar-refractivity contribution >= 4 is 5.91 Å². The van der Waals surface area contributed by atoms with Crippen molar-refractivity contribution in [2.45, 2.75) is 71.3 Å². The lowest BCUT2D eigenvalue weighted by Gasteiger charge is -2.33. The monoisotopic (exact) mass is 241 g/mol. The van der Waals surface area contributed by atoms with Crippen LogP contribution in [0.2, 0.25) is 0 Å². The molecule has 17 heavy (non-hydrogen) atoms. The summed E-state index contributed by atoms with van der Waals surface area (Å²) in [7, 11) is 0. The van der Waals surface area contributed by atoms with E-state index in [0.717, 1.165) is 12.8 Å². The summed E-state index contributed by atoms with van der Waals surface area (Å²) in [5.74, 6) is 0.180. The molecule has 0 radical (unpaired) electrons. The summed E-state index contributed by atoms with van der Waals surface area (Å²) >= 11 is 0. The Hall–Kier alpha value is -0.570. The van der Waals surface area contributed by atoms with Gasteiger partial charge in [-0.3, -0.25) is 4.79 Å². The lowest BCUT2D eigenvalue weighted by Crippen LogP contribution is -2.36. The zero-order valence-electron chi connectivity index (χ0n) is 11.3. The number of nitrogens with one attached hydrogen (secondary N) is 1. The molecule has 1 aliphatic carbocycles. The van der Waals surface area contributed by atoms with Crippen molar-refractivity contribution in [2.75, 3.05) is 6.61 Å². The smallest absolute Gasteiger partial charge is 0.220 e. The Balaban J connectivity index is 2.27. The van der Waals surface area contributed by atoms with E-state index in [4.69, 9.17) is 5.11 Å².